The molecule has 1 aliphatic carbocycles. The van der Waals surface area contributed by atoms with Gasteiger partial charge < -0.3 is 0 Å². The fourth-order valence-corrected chi connectivity index (χ4v) is 2.10. The minimum Gasteiger partial charge on any atom is -0.0761 e. The Kier molecular flexibility index (Phi) is 2.22. The summed E-state index contributed by atoms with van der Waals surface area (Å²) in [7, 11) is 0. The average Bonchev–Trinajstić information content (AvgIpc) is 2.18. The number of hydrogen-bond donors (Lipinski definition) is 0. The van der Waals surface area contributed by atoms with Crippen LogP contribution in [-0.2, 0) is 6.42 Å². The lowest BCUT2D eigenvalue weighted by molar-refractivity contribution is 1.04. The maximum absolute atomic E-state index is 2.39. The largest absolute Gasteiger partial charge is 0.0761 e. The molecule has 0 aliphatic heterocycles. The fourth-order valence-electron chi connectivity index (χ4n) is 2.10. The smallest absolute Gasteiger partial charge is 0.0192 e. The molecule has 13 heavy (non-hydrogen) atoms. The van der Waals surface area contributed by atoms with Crippen LogP contribution in [0.4, 0.5) is 0 Å². The molecule has 0 N–H and O–H groups in total. The Morgan fingerprint density at radius 3 is 2.92 bits per heavy atom. The van der Waals surface area contributed by atoms with Gasteiger partial charge in [0.1, 0.15) is 0 Å². The molecule has 1 aromatic rings. The minimum atomic E-state index is 1.15. The summed E-state index contributed by atoms with van der Waals surface area (Å²) in [6.45, 7) is 4.48. The van der Waals surface area contributed by atoms with E-state index in [0.717, 1.165) is 6.42 Å². The second-order valence-corrected chi connectivity index (χ2v) is 3.76. The summed E-state index contributed by atoms with van der Waals surface area (Å²) >= 11 is 0. The van der Waals surface area contributed by atoms with Gasteiger partial charge in [0.2, 0.25) is 0 Å². The second kappa shape index (κ2) is 3.37. The molecule has 0 amide bonds. The molecule has 0 fully saturated rings. The van der Waals surface area contributed by atoms with Gasteiger partial charge in [0.05, 0.1) is 0 Å². The van der Waals surface area contributed by atoms with Crippen molar-refractivity contribution in [1.29, 1.82) is 0 Å². The minimum absolute atomic E-state index is 1.15. The third-order valence-electron chi connectivity index (χ3n) is 2.90. The maximum Gasteiger partial charge on any atom is -0.0192 e. The number of fused-ring (bicyclic) bond motifs is 1. The lowest BCUT2D eigenvalue weighted by atomic mass is 9.97. The van der Waals surface area contributed by atoms with E-state index in [1.165, 1.54) is 28.8 Å². The fraction of sp³-hybridized carbons (Fsp3) is 0.385. The molecule has 2 rings (SSSR count). The van der Waals surface area contributed by atoms with E-state index in [0.29, 0.717) is 0 Å². The van der Waals surface area contributed by atoms with Gasteiger partial charge in [0.15, 0.2) is 0 Å². The van der Waals surface area contributed by atoms with E-state index < -0.39 is 0 Å². The van der Waals surface area contributed by atoms with Crippen LogP contribution in [-0.4, -0.2) is 0 Å². The van der Waals surface area contributed by atoms with Crippen molar-refractivity contribution in [1.82, 2.24) is 0 Å². The number of hydrogen-bond acceptors (Lipinski definition) is 0. The van der Waals surface area contributed by atoms with Crippen LogP contribution in [0.3, 0.4) is 0 Å². The highest BCUT2D eigenvalue weighted by atomic mass is 14.1. The zero-order valence-electron chi connectivity index (χ0n) is 8.43. The Hall–Kier alpha value is -1.04. The van der Waals surface area contributed by atoms with Gasteiger partial charge in [-0.05, 0) is 42.2 Å². The first-order valence-electron chi connectivity index (χ1n) is 5.11. The van der Waals surface area contributed by atoms with Gasteiger partial charge in [-0.2, -0.15) is 0 Å². The van der Waals surface area contributed by atoms with Crippen molar-refractivity contribution in [3.63, 3.8) is 0 Å². The summed E-state index contributed by atoms with van der Waals surface area (Å²) < 4.78 is 0. The van der Waals surface area contributed by atoms with E-state index in [2.05, 4.69) is 38.1 Å². The van der Waals surface area contributed by atoms with Crippen LogP contribution in [0.5, 0.6) is 0 Å². The molecule has 1 aliphatic rings. The van der Waals surface area contributed by atoms with Crippen molar-refractivity contribution in [3.05, 3.63) is 34.2 Å². The van der Waals surface area contributed by atoms with Gasteiger partial charge in [-0.15, -0.1) is 0 Å². The average molecular weight is 172 g/mol. The highest BCUT2D eigenvalue weighted by molar-refractivity contribution is 5.50. The molecule has 68 valence electrons. The van der Waals surface area contributed by atoms with Gasteiger partial charge in [-0.1, -0.05) is 36.8 Å². The van der Waals surface area contributed by atoms with E-state index in [4.69, 9.17) is 0 Å². The zero-order chi connectivity index (χ0) is 9.26. The van der Waals surface area contributed by atoms with Crippen LogP contribution in [0, 0.1) is 0 Å². The molecule has 0 atom stereocenters. The van der Waals surface area contributed by atoms with Crippen LogP contribution < -0.4 is 10.4 Å². The summed E-state index contributed by atoms with van der Waals surface area (Å²) in [6.07, 6.45) is 5.99. The van der Waals surface area contributed by atoms with E-state index in [1.54, 1.807) is 5.57 Å². The van der Waals surface area contributed by atoms with E-state index in [-0.39, 0.29) is 0 Å². The Balaban J connectivity index is 2.84. The molecule has 0 saturated carbocycles. The highest BCUT2D eigenvalue weighted by Gasteiger charge is 2.01. The van der Waals surface area contributed by atoms with Crippen molar-refractivity contribution in [2.45, 2.75) is 33.1 Å². The lowest BCUT2D eigenvalue weighted by Crippen LogP contribution is -2.31. The Labute approximate surface area is 79.6 Å². The molecule has 0 aromatic heterocycles. The van der Waals surface area contributed by atoms with Gasteiger partial charge >= 0.3 is 0 Å². The van der Waals surface area contributed by atoms with Crippen molar-refractivity contribution in [2.75, 3.05) is 0 Å². The Morgan fingerprint density at radius 1 is 1.31 bits per heavy atom. The predicted molar refractivity (Wildman–Crippen MR) is 57.9 cm³/mol. The first-order valence-corrected chi connectivity index (χ1v) is 5.11. The monoisotopic (exact) mass is 172 g/mol. The summed E-state index contributed by atoms with van der Waals surface area (Å²) in [5.74, 6) is 0. The van der Waals surface area contributed by atoms with Crippen LogP contribution >= 0.6 is 0 Å². The van der Waals surface area contributed by atoms with Gasteiger partial charge in [0, 0.05) is 0 Å². The van der Waals surface area contributed by atoms with Crippen molar-refractivity contribution >= 4 is 11.6 Å². The highest BCUT2D eigenvalue weighted by Crippen LogP contribution is 2.06. The lowest BCUT2D eigenvalue weighted by Gasteiger charge is -2.08. The summed E-state index contributed by atoms with van der Waals surface area (Å²) in [5.41, 5.74) is 3.05. The molecule has 0 bridgehead atoms. The van der Waals surface area contributed by atoms with Gasteiger partial charge in [-0.3, -0.25) is 0 Å². The molecule has 0 nitrogen and oxygen atoms in total. The third kappa shape index (κ3) is 1.41. The zero-order valence-corrected chi connectivity index (χ0v) is 8.43. The van der Waals surface area contributed by atoms with Crippen LogP contribution in [0.15, 0.2) is 18.2 Å². The van der Waals surface area contributed by atoms with Gasteiger partial charge in [-0.25, -0.2) is 0 Å². The molecule has 1 aromatic carbocycles. The molecule has 0 radical (unpaired) electrons. The number of benzene rings is 1. The first kappa shape index (κ1) is 8.55. The van der Waals surface area contributed by atoms with E-state index in [9.17, 15) is 0 Å². The molecular formula is C13H16. The summed E-state index contributed by atoms with van der Waals surface area (Å²) in [4.78, 5) is 0. The summed E-state index contributed by atoms with van der Waals surface area (Å²) in [6, 6.07) is 6.67. The third-order valence-corrected chi connectivity index (χ3v) is 2.90. The molecule has 0 unspecified atom stereocenters. The molecule has 0 spiro atoms. The molecule has 0 heteroatoms. The Morgan fingerprint density at radius 2 is 2.15 bits per heavy atom. The molecular weight excluding hydrogens is 156 g/mol. The van der Waals surface area contributed by atoms with E-state index in [1.807, 2.05) is 0 Å². The Bertz CT molecular complexity index is 424. The summed E-state index contributed by atoms with van der Waals surface area (Å²) in [5, 5.41) is 2.97. The quantitative estimate of drug-likeness (QED) is 0.608. The van der Waals surface area contributed by atoms with Crippen molar-refractivity contribution in [3.8, 4) is 0 Å². The first-order chi connectivity index (χ1) is 6.33. The van der Waals surface area contributed by atoms with Crippen molar-refractivity contribution < 1.29 is 0 Å². The topological polar surface area (TPSA) is 0 Å². The molecule has 0 heterocycles. The van der Waals surface area contributed by atoms with Crippen LogP contribution in [0.1, 0.15) is 32.3 Å². The second-order valence-electron chi connectivity index (χ2n) is 3.76. The van der Waals surface area contributed by atoms with Crippen LogP contribution in [0.25, 0.3) is 11.6 Å². The normalized spacial score (nSPS) is 15.1. The molecule has 0 saturated heterocycles. The standard InChI is InChI=1S/C13H16/c1-3-11-7-5-8-12-10(2)6-4-9-13(11)12/h5,7-9H,3-4,6H2,1-2H3. The predicted octanol–water partition coefficient (Wildman–Crippen LogP) is 1.99. The van der Waals surface area contributed by atoms with E-state index >= 15 is 0 Å². The van der Waals surface area contributed by atoms with Gasteiger partial charge in [0.25, 0.3) is 0 Å². The number of aryl methyl sites for hydroxylation is 1. The number of rotatable bonds is 1. The SMILES string of the molecule is CCc1cccc2c1=CCCC=2C. The van der Waals surface area contributed by atoms with Crippen LogP contribution in [0.2, 0.25) is 0 Å². The van der Waals surface area contributed by atoms with Crippen molar-refractivity contribution in [2.24, 2.45) is 0 Å². The maximum atomic E-state index is 2.39.